The third-order valence-electron chi connectivity index (χ3n) is 17.4. The van der Waals surface area contributed by atoms with Crippen LogP contribution in [0.2, 0.25) is 0 Å². The maximum atomic E-state index is 13.1. The van der Waals surface area contributed by atoms with Crippen molar-refractivity contribution >= 4 is 109 Å². The molecular formula is C75H55N5O. The van der Waals surface area contributed by atoms with Crippen LogP contribution in [0.1, 0.15) is 50.1 Å². The van der Waals surface area contributed by atoms with Gasteiger partial charge in [-0.15, -0.1) is 0 Å². The van der Waals surface area contributed by atoms with Gasteiger partial charge in [0.15, 0.2) is 0 Å². The van der Waals surface area contributed by atoms with Crippen LogP contribution < -0.4 is 0 Å². The fraction of sp³-hybridized carbons (Fsp3) is 0.107. The smallest absolute Gasteiger partial charge is 0.136 e. The second-order valence-electron chi connectivity index (χ2n) is 23.1. The molecule has 0 saturated carbocycles. The maximum Gasteiger partial charge on any atom is 0.136 e. The van der Waals surface area contributed by atoms with Gasteiger partial charge in [0.25, 0.3) is 0 Å². The van der Waals surface area contributed by atoms with Crippen LogP contribution in [0.3, 0.4) is 0 Å². The standard InChI is InChI=1S/C75H55N5O/c1-41-13-23-61-52(31-41)53-32-42(2)14-24-62(53)77(61)72-60(40-76)73(78-63-25-15-43(3)33-54(63)55-34-44(4)16-26-64(55)78)75(80-67-29-19-47(7)37-58(67)59-38-48(8)20-30-68(59)80)71(49-21-22-51-50-11-9-10-12-69(50)81-70(51)39-49)74(72)79-65-27-17-45(5)35-56(65)57-36-46(6)18-28-66(57)79/h9-39H,1-8H3. The van der Waals surface area contributed by atoms with E-state index in [1.54, 1.807) is 0 Å². The molecule has 6 heteroatoms. The summed E-state index contributed by atoms with van der Waals surface area (Å²) in [5.74, 6) is 0. The molecule has 0 unspecified atom stereocenters. The molecular weight excluding hydrogens is 987 g/mol. The number of aryl methyl sites for hydroxylation is 8. The highest BCUT2D eigenvalue weighted by Crippen LogP contribution is 2.53. The van der Waals surface area contributed by atoms with Crippen molar-refractivity contribution in [1.82, 2.24) is 18.3 Å². The number of aromatic nitrogens is 4. The molecule has 0 amide bonds. The van der Waals surface area contributed by atoms with Gasteiger partial charge in [-0.3, -0.25) is 0 Å². The van der Waals surface area contributed by atoms with E-state index in [1.165, 1.54) is 44.5 Å². The van der Waals surface area contributed by atoms with Crippen LogP contribution in [0.5, 0.6) is 0 Å². The first-order chi connectivity index (χ1) is 39.4. The van der Waals surface area contributed by atoms with Gasteiger partial charge >= 0.3 is 0 Å². The Kier molecular flexibility index (Phi) is 9.83. The summed E-state index contributed by atoms with van der Waals surface area (Å²) in [6.45, 7) is 17.4. The van der Waals surface area contributed by atoms with Crippen molar-refractivity contribution in [3.63, 3.8) is 0 Å². The minimum absolute atomic E-state index is 0.539. The molecule has 0 radical (unpaired) electrons. The molecule has 0 saturated heterocycles. The molecule has 0 aliphatic heterocycles. The molecule has 0 N–H and O–H groups in total. The maximum absolute atomic E-state index is 13.1. The molecule has 6 nitrogen and oxygen atoms in total. The molecule has 81 heavy (non-hydrogen) atoms. The van der Waals surface area contributed by atoms with Crippen LogP contribution in [-0.2, 0) is 0 Å². The molecule has 0 aliphatic rings. The van der Waals surface area contributed by atoms with E-state index in [0.717, 1.165) is 143 Å². The number of benzene rings is 11. The van der Waals surface area contributed by atoms with E-state index in [9.17, 15) is 5.26 Å². The quantitative estimate of drug-likeness (QED) is 0.172. The number of fused-ring (bicyclic) bond motifs is 15. The second kappa shape index (κ2) is 17.0. The van der Waals surface area contributed by atoms with E-state index in [1.807, 2.05) is 6.07 Å². The molecule has 16 aromatic rings. The monoisotopic (exact) mass is 1040 g/mol. The van der Waals surface area contributed by atoms with Gasteiger partial charge in [-0.05, 0) is 176 Å². The Hall–Kier alpha value is -10.1. The molecule has 0 atom stereocenters. The minimum Gasteiger partial charge on any atom is -0.456 e. The van der Waals surface area contributed by atoms with Crippen LogP contribution in [0.4, 0.5) is 0 Å². The van der Waals surface area contributed by atoms with Gasteiger partial charge in [0.05, 0.1) is 66.9 Å². The number of para-hydroxylation sites is 1. The lowest BCUT2D eigenvalue weighted by atomic mass is 9.92. The summed E-state index contributed by atoms with van der Waals surface area (Å²) in [5.41, 5.74) is 25.0. The predicted octanol–water partition coefficient (Wildman–Crippen LogP) is 20.0. The van der Waals surface area contributed by atoms with Crippen molar-refractivity contribution in [3.05, 3.63) is 238 Å². The normalized spacial score (nSPS) is 12.2. The van der Waals surface area contributed by atoms with E-state index in [-0.39, 0.29) is 0 Å². The fourth-order valence-electron chi connectivity index (χ4n) is 13.8. The predicted molar refractivity (Wildman–Crippen MR) is 339 cm³/mol. The van der Waals surface area contributed by atoms with Crippen LogP contribution >= 0.6 is 0 Å². The Balaban J connectivity index is 1.27. The SMILES string of the molecule is Cc1ccc2c(c1)c1cc(C)ccc1n2-c1c(C#N)c(-n2c3ccc(C)cc3c3cc(C)ccc32)c(-n2c3ccc(C)cc3c3cc(C)ccc32)c(-c2ccc3c(c2)oc2ccccc23)c1-n1c2ccc(C)cc2c2cc(C)ccc21. The molecule has 5 aromatic heterocycles. The van der Waals surface area contributed by atoms with Gasteiger partial charge in [-0.1, -0.05) is 117 Å². The van der Waals surface area contributed by atoms with E-state index >= 15 is 0 Å². The minimum atomic E-state index is 0.539. The van der Waals surface area contributed by atoms with Crippen LogP contribution in [0.25, 0.3) is 143 Å². The average molecular weight is 1040 g/mol. The fourth-order valence-corrected chi connectivity index (χ4v) is 13.8. The van der Waals surface area contributed by atoms with Gasteiger partial charge in [-0.2, -0.15) is 5.26 Å². The first kappa shape index (κ1) is 47.0. The summed E-state index contributed by atoms with van der Waals surface area (Å²) in [4.78, 5) is 0. The number of nitrogens with zero attached hydrogens (tertiary/aromatic N) is 5. The highest BCUT2D eigenvalue weighted by molar-refractivity contribution is 6.18. The molecule has 0 aliphatic carbocycles. The number of hydrogen-bond acceptors (Lipinski definition) is 2. The molecule has 16 rings (SSSR count). The van der Waals surface area contributed by atoms with Crippen LogP contribution in [0, 0.1) is 66.7 Å². The Labute approximate surface area is 468 Å². The third-order valence-corrected chi connectivity index (χ3v) is 17.4. The number of furan rings is 1. The van der Waals surface area contributed by atoms with E-state index < -0.39 is 0 Å². The highest BCUT2D eigenvalue weighted by atomic mass is 16.3. The first-order valence-electron chi connectivity index (χ1n) is 28.0. The Morgan fingerprint density at radius 2 is 0.568 bits per heavy atom. The van der Waals surface area contributed by atoms with Gasteiger partial charge in [0, 0.05) is 59.4 Å². The highest BCUT2D eigenvalue weighted by Gasteiger charge is 2.35. The van der Waals surface area contributed by atoms with Crippen molar-refractivity contribution in [2.75, 3.05) is 0 Å². The van der Waals surface area contributed by atoms with Crippen LogP contribution in [-0.4, -0.2) is 18.3 Å². The van der Waals surface area contributed by atoms with Gasteiger partial charge in [0.2, 0.25) is 0 Å². The van der Waals surface area contributed by atoms with Gasteiger partial charge < -0.3 is 22.7 Å². The lowest BCUT2D eigenvalue weighted by Gasteiger charge is -2.29. The Bertz CT molecular complexity index is 5010. The summed E-state index contributed by atoms with van der Waals surface area (Å²) < 4.78 is 16.8. The lowest BCUT2D eigenvalue weighted by Crippen LogP contribution is -2.16. The van der Waals surface area contributed by atoms with Gasteiger partial charge in [-0.25, -0.2) is 0 Å². The van der Waals surface area contributed by atoms with Crippen molar-refractivity contribution < 1.29 is 4.42 Å². The van der Waals surface area contributed by atoms with Crippen molar-refractivity contribution in [3.8, 4) is 39.9 Å². The van der Waals surface area contributed by atoms with E-state index in [2.05, 4.69) is 262 Å². The summed E-state index contributed by atoms with van der Waals surface area (Å²) >= 11 is 0. The summed E-state index contributed by atoms with van der Waals surface area (Å²) in [5, 5.41) is 24.3. The molecule has 5 heterocycles. The molecule has 0 spiro atoms. The first-order valence-corrected chi connectivity index (χ1v) is 28.0. The van der Waals surface area contributed by atoms with Crippen LogP contribution in [0.15, 0.2) is 192 Å². The number of nitriles is 1. The second-order valence-corrected chi connectivity index (χ2v) is 23.1. The zero-order valence-corrected chi connectivity index (χ0v) is 46.5. The number of hydrogen-bond donors (Lipinski definition) is 0. The average Bonchev–Trinajstić information content (AvgIpc) is 2.17. The zero-order chi connectivity index (χ0) is 54.9. The molecule has 386 valence electrons. The summed E-state index contributed by atoms with van der Waals surface area (Å²) in [6, 6.07) is 72.9. The van der Waals surface area contributed by atoms with Crippen molar-refractivity contribution in [1.29, 1.82) is 5.26 Å². The van der Waals surface area contributed by atoms with Crippen molar-refractivity contribution in [2.24, 2.45) is 0 Å². The summed E-state index contributed by atoms with van der Waals surface area (Å²) in [6.07, 6.45) is 0. The summed E-state index contributed by atoms with van der Waals surface area (Å²) in [7, 11) is 0. The lowest BCUT2D eigenvalue weighted by molar-refractivity contribution is 0.669. The Morgan fingerprint density at radius 3 is 0.877 bits per heavy atom. The largest absolute Gasteiger partial charge is 0.456 e. The van der Waals surface area contributed by atoms with E-state index in [0.29, 0.717) is 5.56 Å². The zero-order valence-electron chi connectivity index (χ0n) is 46.5. The number of rotatable bonds is 5. The third kappa shape index (κ3) is 6.67. The van der Waals surface area contributed by atoms with Gasteiger partial charge in [0.1, 0.15) is 22.8 Å². The van der Waals surface area contributed by atoms with E-state index in [4.69, 9.17) is 4.42 Å². The molecule has 11 aromatic carbocycles. The molecule has 0 bridgehead atoms. The van der Waals surface area contributed by atoms with Crippen molar-refractivity contribution in [2.45, 2.75) is 55.4 Å². The topological polar surface area (TPSA) is 56.6 Å². The molecule has 0 fully saturated rings. The Morgan fingerprint density at radius 1 is 0.284 bits per heavy atom.